The highest BCUT2D eigenvalue weighted by Crippen LogP contribution is 2.40. The van der Waals surface area contributed by atoms with Crippen LogP contribution in [-0.2, 0) is 9.53 Å². The second kappa shape index (κ2) is 5.44. The molecule has 0 saturated carbocycles. The lowest BCUT2D eigenvalue weighted by Gasteiger charge is -2.29. The number of amides is 1. The van der Waals surface area contributed by atoms with Crippen molar-refractivity contribution in [2.45, 2.75) is 38.8 Å². The van der Waals surface area contributed by atoms with E-state index in [2.05, 4.69) is 0 Å². The number of carboxylic acid groups (broad SMARTS) is 1. The Bertz CT molecular complexity index is 492. The number of likely N-dealkylation sites (tertiary alicyclic amines) is 1. The lowest BCUT2D eigenvalue weighted by molar-refractivity contribution is -0.142. The molecule has 20 heavy (non-hydrogen) atoms. The van der Waals surface area contributed by atoms with Crippen molar-refractivity contribution in [1.29, 1.82) is 0 Å². The quantitative estimate of drug-likeness (QED) is 0.910. The number of nitrogens with zero attached hydrogens (tertiary/aromatic N) is 1. The zero-order chi connectivity index (χ0) is 14.9. The molecule has 1 amide bonds. The number of aliphatic carboxylic acids is 1. The van der Waals surface area contributed by atoms with Gasteiger partial charge in [0.1, 0.15) is 5.60 Å². The van der Waals surface area contributed by atoms with E-state index in [0.717, 1.165) is 4.88 Å². The summed E-state index contributed by atoms with van der Waals surface area (Å²) >= 11 is 1.47. The zero-order valence-electron chi connectivity index (χ0n) is 11.8. The minimum absolute atomic E-state index is 0.411. The first-order valence-corrected chi connectivity index (χ1v) is 7.43. The standard InChI is InChI=1S/C14H19NO4S/c1-14(2,3)19-13(18)15-7-6-9(12(16)17)11(15)10-5-4-8-20-10/h4-5,8-9,11H,6-7H2,1-3H3,(H,16,17). The molecule has 1 aliphatic rings. The molecule has 0 bridgehead atoms. The Morgan fingerprint density at radius 1 is 1.45 bits per heavy atom. The molecule has 0 aliphatic carbocycles. The van der Waals surface area contributed by atoms with Gasteiger partial charge in [0.25, 0.3) is 0 Å². The summed E-state index contributed by atoms with van der Waals surface area (Å²) in [4.78, 5) is 26.1. The summed E-state index contributed by atoms with van der Waals surface area (Å²) in [7, 11) is 0. The number of thiophene rings is 1. The second-order valence-corrected chi connectivity index (χ2v) is 6.85. The summed E-state index contributed by atoms with van der Waals surface area (Å²) in [6.45, 7) is 5.82. The summed E-state index contributed by atoms with van der Waals surface area (Å²) in [5, 5.41) is 11.2. The van der Waals surface area contributed by atoms with Gasteiger partial charge in [0.2, 0.25) is 0 Å². The van der Waals surface area contributed by atoms with Gasteiger partial charge in [0, 0.05) is 11.4 Å². The third-order valence-electron chi connectivity index (χ3n) is 3.18. The first-order valence-electron chi connectivity index (χ1n) is 6.55. The average molecular weight is 297 g/mol. The first kappa shape index (κ1) is 14.8. The Morgan fingerprint density at radius 3 is 2.65 bits per heavy atom. The monoisotopic (exact) mass is 297 g/mol. The molecule has 0 aromatic carbocycles. The van der Waals surface area contributed by atoms with Gasteiger partial charge in [-0.25, -0.2) is 4.79 Å². The molecule has 6 heteroatoms. The van der Waals surface area contributed by atoms with Crippen molar-refractivity contribution >= 4 is 23.4 Å². The Kier molecular flexibility index (Phi) is 4.04. The molecule has 2 rings (SSSR count). The van der Waals surface area contributed by atoms with Gasteiger partial charge in [0.15, 0.2) is 0 Å². The molecule has 1 saturated heterocycles. The van der Waals surface area contributed by atoms with Crippen LogP contribution < -0.4 is 0 Å². The van der Waals surface area contributed by atoms with E-state index >= 15 is 0 Å². The normalized spacial score (nSPS) is 22.9. The van der Waals surface area contributed by atoms with Crippen molar-refractivity contribution in [2.75, 3.05) is 6.54 Å². The van der Waals surface area contributed by atoms with Crippen LogP contribution in [0.1, 0.15) is 38.1 Å². The molecule has 0 radical (unpaired) electrons. The highest BCUT2D eigenvalue weighted by molar-refractivity contribution is 7.10. The van der Waals surface area contributed by atoms with Gasteiger partial charge in [-0.2, -0.15) is 0 Å². The molecule has 1 fully saturated rings. The molecule has 5 nitrogen and oxygen atoms in total. The van der Waals surface area contributed by atoms with Crippen LogP contribution in [0.2, 0.25) is 0 Å². The van der Waals surface area contributed by atoms with E-state index in [-0.39, 0.29) is 0 Å². The summed E-state index contributed by atoms with van der Waals surface area (Å²) in [6, 6.07) is 3.31. The van der Waals surface area contributed by atoms with Crippen LogP contribution in [0.25, 0.3) is 0 Å². The molecule has 1 aromatic rings. The molecule has 1 aromatic heterocycles. The van der Waals surface area contributed by atoms with Crippen LogP contribution in [0, 0.1) is 5.92 Å². The number of carboxylic acids is 1. The van der Waals surface area contributed by atoms with Crippen LogP contribution in [-0.4, -0.2) is 34.2 Å². The number of carbonyl (C=O) groups is 2. The molecular formula is C14H19NO4S. The Labute approximate surface area is 122 Å². The van der Waals surface area contributed by atoms with Gasteiger partial charge in [0.05, 0.1) is 12.0 Å². The van der Waals surface area contributed by atoms with Crippen molar-refractivity contribution < 1.29 is 19.4 Å². The summed E-state index contributed by atoms with van der Waals surface area (Å²) < 4.78 is 5.38. The van der Waals surface area contributed by atoms with E-state index in [1.54, 1.807) is 20.8 Å². The maximum atomic E-state index is 12.3. The molecule has 2 unspecified atom stereocenters. The van der Waals surface area contributed by atoms with Crippen molar-refractivity contribution in [2.24, 2.45) is 5.92 Å². The Balaban J connectivity index is 2.24. The van der Waals surface area contributed by atoms with Gasteiger partial charge in [-0.05, 0) is 38.6 Å². The van der Waals surface area contributed by atoms with Crippen LogP contribution in [0.5, 0.6) is 0 Å². The molecule has 2 heterocycles. The topological polar surface area (TPSA) is 66.8 Å². The van der Waals surface area contributed by atoms with Crippen molar-refractivity contribution in [3.8, 4) is 0 Å². The number of hydrogen-bond acceptors (Lipinski definition) is 4. The van der Waals surface area contributed by atoms with E-state index in [9.17, 15) is 14.7 Å². The lowest BCUT2D eigenvalue weighted by Crippen LogP contribution is -2.37. The predicted molar refractivity (Wildman–Crippen MR) is 75.7 cm³/mol. The summed E-state index contributed by atoms with van der Waals surface area (Å²) in [5.41, 5.74) is -0.585. The number of rotatable bonds is 2. The van der Waals surface area contributed by atoms with Gasteiger partial charge < -0.3 is 9.84 Å². The fourth-order valence-electron chi connectivity index (χ4n) is 2.39. The smallest absolute Gasteiger partial charge is 0.410 e. The average Bonchev–Trinajstić information content (AvgIpc) is 2.95. The molecule has 0 spiro atoms. The Morgan fingerprint density at radius 2 is 2.15 bits per heavy atom. The third kappa shape index (κ3) is 3.12. The van der Waals surface area contributed by atoms with Gasteiger partial charge in [-0.1, -0.05) is 6.07 Å². The largest absolute Gasteiger partial charge is 0.481 e. The van der Waals surface area contributed by atoms with Gasteiger partial charge >= 0.3 is 12.1 Å². The molecule has 1 N–H and O–H groups in total. The molecular weight excluding hydrogens is 278 g/mol. The van der Waals surface area contributed by atoms with Crippen LogP contribution in [0.3, 0.4) is 0 Å². The van der Waals surface area contributed by atoms with Crippen LogP contribution >= 0.6 is 11.3 Å². The SMILES string of the molecule is CC(C)(C)OC(=O)N1CCC(C(=O)O)C1c1cccs1. The highest BCUT2D eigenvalue weighted by Gasteiger charge is 2.44. The van der Waals surface area contributed by atoms with Gasteiger partial charge in [-0.3, -0.25) is 9.69 Å². The summed E-state index contributed by atoms with van der Waals surface area (Å²) in [6.07, 6.45) is 0.0107. The van der Waals surface area contributed by atoms with E-state index in [0.29, 0.717) is 13.0 Å². The van der Waals surface area contributed by atoms with E-state index in [1.807, 2.05) is 17.5 Å². The highest BCUT2D eigenvalue weighted by atomic mass is 32.1. The van der Waals surface area contributed by atoms with E-state index in [4.69, 9.17) is 4.74 Å². The maximum absolute atomic E-state index is 12.3. The lowest BCUT2D eigenvalue weighted by atomic mass is 9.99. The first-order chi connectivity index (χ1) is 9.29. The molecule has 2 atom stereocenters. The maximum Gasteiger partial charge on any atom is 0.410 e. The van der Waals surface area contributed by atoms with E-state index in [1.165, 1.54) is 16.2 Å². The number of ether oxygens (including phenoxy) is 1. The number of hydrogen-bond donors (Lipinski definition) is 1. The second-order valence-electron chi connectivity index (χ2n) is 5.87. The van der Waals surface area contributed by atoms with Crippen LogP contribution in [0.15, 0.2) is 17.5 Å². The molecule has 1 aliphatic heterocycles. The van der Waals surface area contributed by atoms with Crippen molar-refractivity contribution in [3.63, 3.8) is 0 Å². The Hall–Kier alpha value is -1.56. The van der Waals surface area contributed by atoms with Crippen molar-refractivity contribution in [1.82, 2.24) is 4.90 Å². The van der Waals surface area contributed by atoms with Crippen LogP contribution in [0.4, 0.5) is 4.79 Å². The molecule has 110 valence electrons. The number of carbonyl (C=O) groups excluding carboxylic acids is 1. The van der Waals surface area contributed by atoms with Crippen molar-refractivity contribution in [3.05, 3.63) is 22.4 Å². The summed E-state index contributed by atoms with van der Waals surface area (Å²) in [5.74, 6) is -1.43. The van der Waals surface area contributed by atoms with Gasteiger partial charge in [-0.15, -0.1) is 11.3 Å². The van der Waals surface area contributed by atoms with E-state index < -0.39 is 29.6 Å². The minimum Gasteiger partial charge on any atom is -0.481 e. The predicted octanol–water partition coefficient (Wildman–Crippen LogP) is 3.13. The fourth-order valence-corrected chi connectivity index (χ4v) is 3.29. The third-order valence-corrected chi connectivity index (χ3v) is 4.12. The zero-order valence-corrected chi connectivity index (χ0v) is 12.6. The minimum atomic E-state index is -0.866. The fraction of sp³-hybridized carbons (Fsp3) is 0.571.